The fraction of sp³-hybridized carbons (Fsp3) is 0.250. The summed E-state index contributed by atoms with van der Waals surface area (Å²) in [6.45, 7) is 0. The lowest BCUT2D eigenvalue weighted by molar-refractivity contribution is 0.402. The summed E-state index contributed by atoms with van der Waals surface area (Å²) in [5, 5.41) is 5.09. The lowest BCUT2D eigenvalue weighted by Gasteiger charge is -2.01. The van der Waals surface area contributed by atoms with Crippen molar-refractivity contribution in [2.75, 3.05) is 7.11 Å². The van der Waals surface area contributed by atoms with Crippen molar-refractivity contribution in [1.82, 2.24) is 24.3 Å². The molecule has 0 N–H and O–H groups in total. The first-order valence-electron chi connectivity index (χ1n) is 5.54. The molecular weight excluding hydrogens is 230 g/mol. The molecule has 92 valence electrons. The van der Waals surface area contributed by atoms with Gasteiger partial charge in [-0.1, -0.05) is 0 Å². The number of hydrogen-bond donors (Lipinski definition) is 0. The summed E-state index contributed by atoms with van der Waals surface area (Å²) in [6, 6.07) is 2.02. The maximum atomic E-state index is 5.25. The standard InChI is InChI=1S/C12H13N5O/c1-16-6-8(5-15-16)10-4-9-11(17(10)2)13-7-14-12(9)18-3/h4-7H,1-3H3. The molecule has 0 radical (unpaired) electrons. The second kappa shape index (κ2) is 3.83. The number of methoxy groups -OCH3 is 1. The highest BCUT2D eigenvalue weighted by atomic mass is 16.5. The zero-order valence-corrected chi connectivity index (χ0v) is 10.5. The Labute approximate surface area is 104 Å². The van der Waals surface area contributed by atoms with Gasteiger partial charge in [0.25, 0.3) is 0 Å². The van der Waals surface area contributed by atoms with Crippen LogP contribution in [0.2, 0.25) is 0 Å². The minimum atomic E-state index is 0.589. The third-order valence-corrected chi connectivity index (χ3v) is 2.98. The summed E-state index contributed by atoms with van der Waals surface area (Å²) in [4.78, 5) is 8.40. The summed E-state index contributed by atoms with van der Waals surface area (Å²) in [7, 11) is 5.47. The number of fused-ring (bicyclic) bond motifs is 1. The topological polar surface area (TPSA) is 57.8 Å². The Hall–Kier alpha value is -2.37. The van der Waals surface area contributed by atoms with Crippen molar-refractivity contribution in [3.05, 3.63) is 24.8 Å². The van der Waals surface area contributed by atoms with E-state index in [1.807, 2.05) is 37.1 Å². The largest absolute Gasteiger partial charge is 0.480 e. The first-order chi connectivity index (χ1) is 8.70. The molecule has 0 unspecified atom stereocenters. The van der Waals surface area contributed by atoms with E-state index in [1.165, 1.54) is 6.33 Å². The van der Waals surface area contributed by atoms with Crippen molar-refractivity contribution in [1.29, 1.82) is 0 Å². The van der Waals surface area contributed by atoms with Crippen molar-refractivity contribution >= 4 is 11.0 Å². The Kier molecular flexibility index (Phi) is 2.29. The molecule has 0 saturated carbocycles. The lowest BCUT2D eigenvalue weighted by atomic mass is 10.2. The molecule has 0 aliphatic heterocycles. The van der Waals surface area contributed by atoms with Crippen LogP contribution in [0.25, 0.3) is 22.3 Å². The first kappa shape index (κ1) is 10.8. The number of rotatable bonds is 2. The molecule has 0 aliphatic carbocycles. The molecule has 0 amide bonds. The predicted octanol–water partition coefficient (Wildman–Crippen LogP) is 1.38. The molecule has 18 heavy (non-hydrogen) atoms. The van der Waals surface area contributed by atoms with Gasteiger partial charge in [-0.05, 0) is 6.07 Å². The van der Waals surface area contributed by atoms with E-state index in [9.17, 15) is 0 Å². The summed E-state index contributed by atoms with van der Waals surface area (Å²) in [6.07, 6.45) is 5.30. The van der Waals surface area contributed by atoms with Crippen molar-refractivity contribution in [3.63, 3.8) is 0 Å². The summed E-state index contributed by atoms with van der Waals surface area (Å²) in [5.41, 5.74) is 2.93. The third-order valence-electron chi connectivity index (χ3n) is 2.98. The van der Waals surface area contributed by atoms with E-state index in [0.29, 0.717) is 5.88 Å². The SMILES string of the molecule is COc1ncnc2c1cc(-c1cnn(C)c1)n2C. The average Bonchev–Trinajstić information content (AvgIpc) is 2.94. The van der Waals surface area contributed by atoms with Crippen LogP contribution < -0.4 is 4.74 Å². The quantitative estimate of drug-likeness (QED) is 0.682. The predicted molar refractivity (Wildman–Crippen MR) is 67.3 cm³/mol. The number of aryl methyl sites for hydroxylation is 2. The molecule has 0 aliphatic rings. The Bertz CT molecular complexity index is 712. The molecule has 6 nitrogen and oxygen atoms in total. The van der Waals surface area contributed by atoms with Crippen molar-refractivity contribution in [3.8, 4) is 17.1 Å². The molecule has 3 aromatic heterocycles. The van der Waals surface area contributed by atoms with E-state index in [0.717, 1.165) is 22.3 Å². The molecule has 3 aromatic rings. The van der Waals surface area contributed by atoms with Gasteiger partial charge in [0.15, 0.2) is 0 Å². The highest BCUT2D eigenvalue weighted by Crippen LogP contribution is 2.29. The van der Waals surface area contributed by atoms with Crippen molar-refractivity contribution in [2.45, 2.75) is 0 Å². The fourth-order valence-corrected chi connectivity index (χ4v) is 2.11. The van der Waals surface area contributed by atoms with E-state index >= 15 is 0 Å². The Morgan fingerprint density at radius 3 is 2.72 bits per heavy atom. The van der Waals surface area contributed by atoms with Crippen LogP contribution in [0, 0.1) is 0 Å². The van der Waals surface area contributed by atoms with Crippen molar-refractivity contribution < 1.29 is 4.74 Å². The van der Waals surface area contributed by atoms with E-state index in [1.54, 1.807) is 11.8 Å². The minimum Gasteiger partial charge on any atom is -0.480 e. The van der Waals surface area contributed by atoms with Crippen LogP contribution >= 0.6 is 0 Å². The Morgan fingerprint density at radius 2 is 2.06 bits per heavy atom. The second-order valence-electron chi connectivity index (χ2n) is 4.11. The fourth-order valence-electron chi connectivity index (χ4n) is 2.11. The van der Waals surface area contributed by atoms with Gasteiger partial charge in [-0.3, -0.25) is 4.68 Å². The van der Waals surface area contributed by atoms with Gasteiger partial charge >= 0.3 is 0 Å². The zero-order chi connectivity index (χ0) is 12.7. The number of nitrogens with zero attached hydrogens (tertiary/aromatic N) is 5. The van der Waals surface area contributed by atoms with E-state index in [4.69, 9.17) is 4.74 Å². The smallest absolute Gasteiger partial charge is 0.225 e. The normalized spacial score (nSPS) is 11.1. The first-order valence-corrected chi connectivity index (χ1v) is 5.54. The second-order valence-corrected chi connectivity index (χ2v) is 4.11. The number of ether oxygens (including phenoxy) is 1. The summed E-state index contributed by atoms with van der Waals surface area (Å²) >= 11 is 0. The maximum Gasteiger partial charge on any atom is 0.225 e. The molecule has 0 atom stereocenters. The van der Waals surface area contributed by atoms with Gasteiger partial charge in [-0.2, -0.15) is 5.10 Å². The molecule has 0 bridgehead atoms. The maximum absolute atomic E-state index is 5.25. The highest BCUT2D eigenvalue weighted by Gasteiger charge is 2.13. The van der Waals surface area contributed by atoms with Gasteiger partial charge < -0.3 is 9.30 Å². The van der Waals surface area contributed by atoms with E-state index < -0.39 is 0 Å². The van der Waals surface area contributed by atoms with Crippen LogP contribution in [0.15, 0.2) is 24.8 Å². The van der Waals surface area contributed by atoms with E-state index in [2.05, 4.69) is 15.1 Å². The third kappa shape index (κ3) is 1.46. The summed E-state index contributed by atoms with van der Waals surface area (Å²) < 4.78 is 9.04. The van der Waals surface area contributed by atoms with E-state index in [-0.39, 0.29) is 0 Å². The van der Waals surface area contributed by atoms with Gasteiger partial charge in [0.05, 0.1) is 24.4 Å². The molecular formula is C12H13N5O. The highest BCUT2D eigenvalue weighted by molar-refractivity contribution is 5.87. The van der Waals surface area contributed by atoms with Crippen LogP contribution in [0.4, 0.5) is 0 Å². The van der Waals surface area contributed by atoms with Gasteiger partial charge in [-0.15, -0.1) is 0 Å². The molecule has 0 aromatic carbocycles. The monoisotopic (exact) mass is 243 g/mol. The minimum absolute atomic E-state index is 0.589. The molecule has 6 heteroatoms. The Morgan fingerprint density at radius 1 is 1.22 bits per heavy atom. The van der Waals surface area contributed by atoms with Crippen LogP contribution in [0.5, 0.6) is 5.88 Å². The van der Waals surface area contributed by atoms with Crippen molar-refractivity contribution in [2.24, 2.45) is 14.1 Å². The summed E-state index contributed by atoms with van der Waals surface area (Å²) in [5.74, 6) is 0.589. The zero-order valence-electron chi connectivity index (χ0n) is 10.5. The molecule has 0 fully saturated rings. The number of hydrogen-bond acceptors (Lipinski definition) is 4. The average molecular weight is 243 g/mol. The Balaban J connectivity index is 2.28. The lowest BCUT2D eigenvalue weighted by Crippen LogP contribution is -1.94. The van der Waals surface area contributed by atoms with Crippen LogP contribution in [-0.2, 0) is 14.1 Å². The van der Waals surface area contributed by atoms with Gasteiger partial charge in [0, 0.05) is 25.9 Å². The van der Waals surface area contributed by atoms with Crippen LogP contribution in [0.3, 0.4) is 0 Å². The van der Waals surface area contributed by atoms with Crippen LogP contribution in [0.1, 0.15) is 0 Å². The molecule has 3 rings (SSSR count). The van der Waals surface area contributed by atoms with Gasteiger partial charge in [0.2, 0.25) is 5.88 Å². The molecule has 0 spiro atoms. The molecule has 3 heterocycles. The van der Waals surface area contributed by atoms with Gasteiger partial charge in [0.1, 0.15) is 12.0 Å². The van der Waals surface area contributed by atoms with Gasteiger partial charge in [-0.25, -0.2) is 9.97 Å². The van der Waals surface area contributed by atoms with Crippen LogP contribution in [-0.4, -0.2) is 31.4 Å². The molecule has 0 saturated heterocycles. The number of aromatic nitrogens is 5.